The molecular weight excluding hydrogens is 504 g/mol. The van der Waals surface area contributed by atoms with Gasteiger partial charge < -0.3 is 5.32 Å². The van der Waals surface area contributed by atoms with Gasteiger partial charge in [0.05, 0.1) is 15.7 Å². The van der Waals surface area contributed by atoms with Gasteiger partial charge in [-0.2, -0.15) is 57.1 Å². The van der Waals surface area contributed by atoms with Crippen molar-refractivity contribution in [2.75, 3.05) is 5.32 Å². The lowest BCUT2D eigenvalue weighted by atomic mass is 9.93. The van der Waals surface area contributed by atoms with Gasteiger partial charge in [-0.05, 0) is 12.1 Å². The van der Waals surface area contributed by atoms with Crippen LogP contribution in [0.2, 0.25) is 10.0 Å². The van der Waals surface area contributed by atoms with Crippen molar-refractivity contribution in [2.24, 2.45) is 0 Å². The highest BCUT2D eigenvalue weighted by atomic mass is 35.5. The Labute approximate surface area is 166 Å². The van der Waals surface area contributed by atoms with Gasteiger partial charge in [0.1, 0.15) is 0 Å². The maximum absolute atomic E-state index is 13.6. The van der Waals surface area contributed by atoms with Crippen LogP contribution in [-0.2, 0) is 4.79 Å². The van der Waals surface area contributed by atoms with Gasteiger partial charge in [-0.15, -0.1) is 0 Å². The summed E-state index contributed by atoms with van der Waals surface area (Å²) in [7, 11) is 0. The van der Waals surface area contributed by atoms with Crippen LogP contribution in [0.4, 0.5) is 62.8 Å². The summed E-state index contributed by atoms with van der Waals surface area (Å²) in [6.07, 6.45) is -7.54. The number of benzene rings is 1. The minimum absolute atomic E-state index is 0.494. The quantitative estimate of drug-likeness (QED) is 0.428. The van der Waals surface area contributed by atoms with E-state index in [0.29, 0.717) is 6.07 Å². The lowest BCUT2D eigenvalue weighted by Crippen LogP contribution is -2.71. The van der Waals surface area contributed by atoms with E-state index in [1.165, 1.54) is 0 Å². The first kappa shape index (κ1) is 26.4. The Balaban J connectivity index is 3.44. The normalized spacial score (nSPS) is 14.6. The summed E-state index contributed by atoms with van der Waals surface area (Å²) in [6, 6.07) is 2.44. The summed E-state index contributed by atoms with van der Waals surface area (Å²) in [4.78, 5) is 11.3. The van der Waals surface area contributed by atoms with Crippen molar-refractivity contribution in [1.82, 2.24) is 0 Å². The van der Waals surface area contributed by atoms with Gasteiger partial charge in [0.15, 0.2) is 0 Å². The molecule has 0 heterocycles. The largest absolute Gasteiger partial charge is 0.460 e. The smallest absolute Gasteiger partial charge is 0.319 e. The molecular formula is C13H4Cl2F13NO. The van der Waals surface area contributed by atoms with Crippen molar-refractivity contribution in [3.8, 4) is 0 Å². The highest BCUT2D eigenvalue weighted by Crippen LogP contribution is 2.60. The Kier molecular flexibility index (Phi) is 6.60. The van der Waals surface area contributed by atoms with Crippen molar-refractivity contribution in [2.45, 2.75) is 35.8 Å². The van der Waals surface area contributed by atoms with E-state index < -0.39 is 57.4 Å². The van der Waals surface area contributed by atoms with Crippen LogP contribution in [0, 0.1) is 0 Å². The number of hydrogen-bond donors (Lipinski definition) is 1. The van der Waals surface area contributed by atoms with Gasteiger partial charge >= 0.3 is 41.7 Å². The summed E-state index contributed by atoms with van der Waals surface area (Å²) in [5, 5.41) is -0.490. The molecule has 0 aliphatic carbocycles. The molecule has 0 bridgehead atoms. The van der Waals surface area contributed by atoms with Crippen LogP contribution in [0.25, 0.3) is 0 Å². The maximum Gasteiger partial charge on any atom is 0.460 e. The zero-order chi connectivity index (χ0) is 24.1. The number of halogens is 15. The highest BCUT2D eigenvalue weighted by molar-refractivity contribution is 6.44. The van der Waals surface area contributed by atoms with Crippen LogP contribution < -0.4 is 5.32 Å². The molecule has 0 saturated carbocycles. The first-order chi connectivity index (χ1) is 13.1. The van der Waals surface area contributed by atoms with Crippen LogP contribution in [0.3, 0.4) is 0 Å². The molecule has 1 amide bonds. The second kappa shape index (κ2) is 7.50. The fraction of sp³-hybridized carbons (Fsp3) is 0.462. The predicted octanol–water partition coefficient (Wildman–Crippen LogP) is 6.67. The minimum atomic E-state index is -8.10. The second-order valence-corrected chi connectivity index (χ2v) is 6.21. The van der Waals surface area contributed by atoms with Gasteiger partial charge in [-0.1, -0.05) is 29.3 Å². The third-order valence-corrected chi connectivity index (χ3v) is 4.24. The summed E-state index contributed by atoms with van der Waals surface area (Å²) in [5.74, 6) is -42.2. The van der Waals surface area contributed by atoms with E-state index >= 15 is 0 Å². The molecule has 0 saturated heterocycles. The maximum atomic E-state index is 13.6. The second-order valence-electron chi connectivity index (χ2n) is 5.43. The lowest BCUT2D eigenvalue weighted by molar-refractivity contribution is -0.435. The summed E-state index contributed by atoms with van der Waals surface area (Å²) in [5.41, 5.74) is -1.03. The summed E-state index contributed by atoms with van der Waals surface area (Å²) >= 11 is 10.8. The molecule has 0 aromatic heterocycles. The topological polar surface area (TPSA) is 29.1 Å². The lowest BCUT2D eigenvalue weighted by Gasteiger charge is -2.39. The molecule has 0 aliphatic rings. The number of carbonyl (C=O) groups is 1. The van der Waals surface area contributed by atoms with Crippen molar-refractivity contribution < 1.29 is 61.9 Å². The summed E-state index contributed by atoms with van der Waals surface area (Å²) in [6.45, 7) is 0. The van der Waals surface area contributed by atoms with Gasteiger partial charge in [0, 0.05) is 0 Å². The number of hydrogen-bond acceptors (Lipinski definition) is 1. The molecule has 1 N–H and O–H groups in total. The van der Waals surface area contributed by atoms with Gasteiger partial charge in [0.25, 0.3) is 0 Å². The molecule has 0 fully saturated rings. The van der Waals surface area contributed by atoms with Crippen LogP contribution in [0.1, 0.15) is 0 Å². The Morgan fingerprint density at radius 1 is 0.700 bits per heavy atom. The van der Waals surface area contributed by atoms with E-state index in [9.17, 15) is 61.9 Å². The zero-order valence-corrected chi connectivity index (χ0v) is 14.8. The number of alkyl halides is 13. The molecule has 17 heteroatoms. The fourth-order valence-corrected chi connectivity index (χ4v) is 2.06. The zero-order valence-electron chi connectivity index (χ0n) is 13.3. The van der Waals surface area contributed by atoms with Gasteiger partial charge in [-0.3, -0.25) is 4.79 Å². The molecule has 0 aliphatic heterocycles. The fourth-order valence-electron chi connectivity index (χ4n) is 1.71. The van der Waals surface area contributed by atoms with Crippen molar-refractivity contribution in [3.05, 3.63) is 28.2 Å². The standard InChI is InChI=1S/C13H4Cl2F13NO/c14-4-2-1-3-5(6(4)15)29-7(30)8(16,17)9(18,19)10(20,21)11(22,23)12(24,25)13(26,27)28/h1-3H,(H,29,30). The number of carbonyl (C=O) groups excluding carboxylic acids is 1. The van der Waals surface area contributed by atoms with Gasteiger partial charge in [-0.25, -0.2) is 0 Å². The minimum Gasteiger partial charge on any atom is -0.319 e. The van der Waals surface area contributed by atoms with Crippen molar-refractivity contribution in [1.29, 1.82) is 0 Å². The third kappa shape index (κ3) is 3.74. The number of amides is 1. The number of rotatable bonds is 6. The average molecular weight is 508 g/mol. The van der Waals surface area contributed by atoms with Crippen LogP contribution in [-0.4, -0.2) is 41.7 Å². The van der Waals surface area contributed by atoms with Crippen LogP contribution in [0.5, 0.6) is 0 Å². The van der Waals surface area contributed by atoms with E-state index in [1.807, 2.05) is 0 Å². The summed E-state index contributed by atoms with van der Waals surface area (Å²) < 4.78 is 169. The van der Waals surface area contributed by atoms with E-state index in [1.54, 1.807) is 0 Å². The molecule has 2 nitrogen and oxygen atoms in total. The van der Waals surface area contributed by atoms with Crippen molar-refractivity contribution in [3.63, 3.8) is 0 Å². The van der Waals surface area contributed by atoms with E-state index in [0.717, 1.165) is 17.4 Å². The first-order valence-corrected chi connectivity index (χ1v) is 7.54. The Bertz CT molecular complexity index is 822. The monoisotopic (exact) mass is 507 g/mol. The van der Waals surface area contributed by atoms with E-state index in [-0.39, 0.29) is 0 Å². The molecule has 0 spiro atoms. The first-order valence-electron chi connectivity index (χ1n) is 6.78. The Hall–Kier alpha value is -1.64. The molecule has 172 valence electrons. The predicted molar refractivity (Wildman–Crippen MR) is 75.9 cm³/mol. The molecule has 30 heavy (non-hydrogen) atoms. The number of anilines is 1. The Morgan fingerprint density at radius 2 is 1.13 bits per heavy atom. The van der Waals surface area contributed by atoms with E-state index in [4.69, 9.17) is 23.2 Å². The molecule has 1 rings (SSSR count). The SMILES string of the molecule is O=C(Nc1cccc(Cl)c1Cl)C(F)(F)C(F)(F)C(F)(F)C(F)(F)C(F)(F)C(F)(F)F. The Morgan fingerprint density at radius 3 is 1.57 bits per heavy atom. The van der Waals surface area contributed by atoms with E-state index in [2.05, 4.69) is 0 Å². The van der Waals surface area contributed by atoms with Gasteiger partial charge in [0.2, 0.25) is 0 Å². The third-order valence-electron chi connectivity index (χ3n) is 3.42. The van der Waals surface area contributed by atoms with Crippen molar-refractivity contribution >= 4 is 34.8 Å². The molecule has 1 aromatic rings. The van der Waals surface area contributed by atoms with Crippen LogP contribution >= 0.6 is 23.2 Å². The molecule has 0 radical (unpaired) electrons. The molecule has 0 unspecified atom stereocenters. The highest BCUT2D eigenvalue weighted by Gasteiger charge is 2.91. The molecule has 0 atom stereocenters. The number of nitrogens with one attached hydrogen (secondary N) is 1. The average Bonchev–Trinajstić information content (AvgIpc) is 2.57. The molecule has 1 aromatic carbocycles. The van der Waals surface area contributed by atoms with Crippen LogP contribution in [0.15, 0.2) is 18.2 Å².